The monoisotopic (exact) mass is 289 g/mol. The lowest BCUT2D eigenvalue weighted by Crippen LogP contribution is -2.06. The third kappa shape index (κ3) is 4.05. The summed E-state index contributed by atoms with van der Waals surface area (Å²) < 4.78 is 6.69. The second-order valence-electron chi connectivity index (χ2n) is 2.98. The van der Waals surface area contributed by atoms with E-state index in [1.807, 2.05) is 30.0 Å². The SMILES string of the molecule is CCSCCOc1c(Br)cccc1CN. The first kappa shape index (κ1) is 12.9. The van der Waals surface area contributed by atoms with E-state index in [2.05, 4.69) is 22.9 Å². The van der Waals surface area contributed by atoms with Crippen LogP contribution in [-0.4, -0.2) is 18.1 Å². The molecule has 0 aliphatic carbocycles. The predicted octanol–water partition coefficient (Wildman–Crippen LogP) is 3.04. The number of hydrogen-bond donors (Lipinski definition) is 1. The minimum atomic E-state index is 0.510. The van der Waals surface area contributed by atoms with E-state index in [1.54, 1.807) is 0 Å². The Morgan fingerprint density at radius 3 is 2.93 bits per heavy atom. The maximum atomic E-state index is 5.71. The molecule has 0 heterocycles. The predicted molar refractivity (Wildman–Crippen MR) is 70.5 cm³/mol. The second-order valence-corrected chi connectivity index (χ2v) is 5.23. The topological polar surface area (TPSA) is 35.2 Å². The van der Waals surface area contributed by atoms with Crippen LogP contribution in [0.15, 0.2) is 22.7 Å². The summed E-state index contributed by atoms with van der Waals surface area (Å²) in [7, 11) is 0. The summed E-state index contributed by atoms with van der Waals surface area (Å²) in [6.45, 7) is 3.39. The summed E-state index contributed by atoms with van der Waals surface area (Å²) in [6, 6.07) is 5.94. The zero-order chi connectivity index (χ0) is 11.1. The van der Waals surface area contributed by atoms with E-state index < -0.39 is 0 Å². The van der Waals surface area contributed by atoms with Gasteiger partial charge < -0.3 is 10.5 Å². The van der Waals surface area contributed by atoms with Crippen LogP contribution < -0.4 is 10.5 Å². The van der Waals surface area contributed by atoms with Crippen molar-refractivity contribution in [2.75, 3.05) is 18.1 Å². The van der Waals surface area contributed by atoms with Gasteiger partial charge in [-0.15, -0.1) is 0 Å². The molecule has 84 valence electrons. The smallest absolute Gasteiger partial charge is 0.137 e. The van der Waals surface area contributed by atoms with Gasteiger partial charge in [0.15, 0.2) is 0 Å². The summed E-state index contributed by atoms with van der Waals surface area (Å²) in [5, 5.41) is 0. The standard InChI is InChI=1S/C11H16BrNOS/c1-2-15-7-6-14-11-9(8-13)4-3-5-10(11)12/h3-5H,2,6-8,13H2,1H3. The summed E-state index contributed by atoms with van der Waals surface area (Å²) in [6.07, 6.45) is 0. The number of ether oxygens (including phenoxy) is 1. The molecule has 0 saturated carbocycles. The van der Waals surface area contributed by atoms with Crippen LogP contribution in [0.2, 0.25) is 0 Å². The molecular formula is C11H16BrNOS. The molecule has 1 aromatic carbocycles. The Hall–Kier alpha value is -0.190. The number of benzene rings is 1. The molecule has 0 fully saturated rings. The fourth-order valence-corrected chi connectivity index (χ4v) is 2.23. The van der Waals surface area contributed by atoms with Crippen LogP contribution in [0.5, 0.6) is 5.75 Å². The third-order valence-corrected chi connectivity index (χ3v) is 3.43. The van der Waals surface area contributed by atoms with Gasteiger partial charge in [0.05, 0.1) is 11.1 Å². The van der Waals surface area contributed by atoms with Gasteiger partial charge in [-0.05, 0) is 27.7 Å². The summed E-state index contributed by atoms with van der Waals surface area (Å²) >= 11 is 5.34. The quantitative estimate of drug-likeness (QED) is 0.818. The normalized spacial score (nSPS) is 10.3. The van der Waals surface area contributed by atoms with E-state index in [0.29, 0.717) is 6.54 Å². The van der Waals surface area contributed by atoms with E-state index in [9.17, 15) is 0 Å². The van der Waals surface area contributed by atoms with Crippen LogP contribution >= 0.6 is 27.7 Å². The number of rotatable bonds is 6. The van der Waals surface area contributed by atoms with Gasteiger partial charge in [0.1, 0.15) is 5.75 Å². The lowest BCUT2D eigenvalue weighted by Gasteiger charge is -2.11. The lowest BCUT2D eigenvalue weighted by molar-refractivity contribution is 0.338. The Kier molecular flexibility index (Phi) is 6.13. The maximum absolute atomic E-state index is 5.71. The van der Waals surface area contributed by atoms with Gasteiger partial charge in [-0.3, -0.25) is 0 Å². The highest BCUT2D eigenvalue weighted by molar-refractivity contribution is 9.10. The molecule has 2 N–H and O–H groups in total. The van der Waals surface area contributed by atoms with E-state index >= 15 is 0 Å². The van der Waals surface area contributed by atoms with Crippen molar-refractivity contribution < 1.29 is 4.74 Å². The first-order chi connectivity index (χ1) is 7.29. The molecule has 0 unspecified atom stereocenters. The van der Waals surface area contributed by atoms with Gasteiger partial charge in [-0.25, -0.2) is 0 Å². The number of nitrogens with two attached hydrogens (primary N) is 1. The van der Waals surface area contributed by atoms with Crippen molar-refractivity contribution in [3.8, 4) is 5.75 Å². The Morgan fingerprint density at radius 1 is 1.47 bits per heavy atom. The van der Waals surface area contributed by atoms with Crippen LogP contribution in [-0.2, 0) is 6.54 Å². The molecule has 2 nitrogen and oxygen atoms in total. The molecule has 1 rings (SSSR count). The van der Waals surface area contributed by atoms with Crippen LogP contribution in [0, 0.1) is 0 Å². The van der Waals surface area contributed by atoms with E-state index in [-0.39, 0.29) is 0 Å². The van der Waals surface area contributed by atoms with Crippen molar-refractivity contribution >= 4 is 27.7 Å². The average Bonchev–Trinajstić information content (AvgIpc) is 2.26. The minimum absolute atomic E-state index is 0.510. The largest absolute Gasteiger partial charge is 0.491 e. The van der Waals surface area contributed by atoms with Gasteiger partial charge in [0.25, 0.3) is 0 Å². The highest BCUT2D eigenvalue weighted by atomic mass is 79.9. The molecule has 0 atom stereocenters. The molecule has 0 amide bonds. The summed E-state index contributed by atoms with van der Waals surface area (Å²) in [5.41, 5.74) is 6.69. The van der Waals surface area contributed by atoms with Gasteiger partial charge in [0, 0.05) is 17.9 Å². The Bertz CT molecular complexity index is 307. The molecule has 0 aliphatic rings. The van der Waals surface area contributed by atoms with Crippen molar-refractivity contribution in [1.29, 1.82) is 0 Å². The van der Waals surface area contributed by atoms with Crippen LogP contribution in [0.4, 0.5) is 0 Å². The molecule has 4 heteroatoms. The van der Waals surface area contributed by atoms with Crippen molar-refractivity contribution in [2.24, 2.45) is 5.73 Å². The van der Waals surface area contributed by atoms with Gasteiger partial charge >= 0.3 is 0 Å². The number of halogens is 1. The molecular weight excluding hydrogens is 274 g/mol. The number of hydrogen-bond acceptors (Lipinski definition) is 3. The molecule has 0 saturated heterocycles. The van der Waals surface area contributed by atoms with Gasteiger partial charge in [-0.1, -0.05) is 19.1 Å². The highest BCUT2D eigenvalue weighted by Gasteiger charge is 2.05. The second kappa shape index (κ2) is 7.14. The van der Waals surface area contributed by atoms with Crippen LogP contribution in [0.25, 0.3) is 0 Å². The lowest BCUT2D eigenvalue weighted by atomic mass is 10.2. The van der Waals surface area contributed by atoms with E-state index in [1.165, 1.54) is 0 Å². The average molecular weight is 290 g/mol. The zero-order valence-electron chi connectivity index (χ0n) is 8.83. The first-order valence-electron chi connectivity index (χ1n) is 4.97. The maximum Gasteiger partial charge on any atom is 0.137 e. The first-order valence-corrected chi connectivity index (χ1v) is 6.92. The Balaban J connectivity index is 2.58. The highest BCUT2D eigenvalue weighted by Crippen LogP contribution is 2.28. The number of para-hydroxylation sites is 1. The van der Waals surface area contributed by atoms with Crippen LogP contribution in [0.1, 0.15) is 12.5 Å². The Morgan fingerprint density at radius 2 is 2.27 bits per heavy atom. The summed E-state index contributed by atoms with van der Waals surface area (Å²) in [5.74, 6) is 3.03. The van der Waals surface area contributed by atoms with Crippen molar-refractivity contribution in [3.05, 3.63) is 28.2 Å². The molecule has 0 aromatic heterocycles. The fourth-order valence-electron chi connectivity index (χ4n) is 1.22. The van der Waals surface area contributed by atoms with Crippen molar-refractivity contribution in [3.63, 3.8) is 0 Å². The van der Waals surface area contributed by atoms with Crippen molar-refractivity contribution in [1.82, 2.24) is 0 Å². The Labute approximate surface area is 104 Å². The number of thioether (sulfide) groups is 1. The van der Waals surface area contributed by atoms with E-state index in [0.717, 1.165) is 33.9 Å². The van der Waals surface area contributed by atoms with Crippen LogP contribution in [0.3, 0.4) is 0 Å². The molecule has 0 bridgehead atoms. The van der Waals surface area contributed by atoms with Gasteiger partial charge in [0.2, 0.25) is 0 Å². The fraction of sp³-hybridized carbons (Fsp3) is 0.455. The molecule has 1 aromatic rings. The molecule has 0 aliphatic heterocycles. The molecule has 15 heavy (non-hydrogen) atoms. The molecule has 0 radical (unpaired) electrons. The third-order valence-electron chi connectivity index (χ3n) is 1.95. The zero-order valence-corrected chi connectivity index (χ0v) is 11.2. The molecule has 0 spiro atoms. The van der Waals surface area contributed by atoms with Crippen molar-refractivity contribution in [2.45, 2.75) is 13.5 Å². The minimum Gasteiger partial charge on any atom is -0.491 e. The summed E-state index contributed by atoms with van der Waals surface area (Å²) in [4.78, 5) is 0. The van der Waals surface area contributed by atoms with E-state index in [4.69, 9.17) is 10.5 Å². The van der Waals surface area contributed by atoms with Gasteiger partial charge in [-0.2, -0.15) is 11.8 Å².